The number of hydrogen-bond donors (Lipinski definition) is 1. The summed E-state index contributed by atoms with van der Waals surface area (Å²) in [6.45, 7) is 0.106. The number of rotatable bonds is 1. The van der Waals surface area contributed by atoms with Gasteiger partial charge in [0.15, 0.2) is 0 Å². The molecule has 1 aliphatic carbocycles. The van der Waals surface area contributed by atoms with Crippen molar-refractivity contribution in [1.82, 2.24) is 0 Å². The highest BCUT2D eigenvalue weighted by molar-refractivity contribution is 5.30. The lowest BCUT2D eigenvalue weighted by atomic mass is 10.2. The van der Waals surface area contributed by atoms with Crippen molar-refractivity contribution in [2.45, 2.75) is 0 Å². The molecule has 0 heterocycles. The Balaban J connectivity index is 2.73. The molecule has 0 fully saturated rings. The standard InChI is InChI=1S/C9H10O/c10-8-9-6-4-2-1-3-5-7-9/h1-7,10H,8H2/b2-1-,3-1?,4-2?,5-3-,6-4?,7-5?,9-6?,9-7?. The molecule has 52 valence electrons. The molecule has 0 atom stereocenters. The van der Waals surface area contributed by atoms with Gasteiger partial charge in [0.1, 0.15) is 0 Å². The second-order valence-electron chi connectivity index (χ2n) is 2.03. The third kappa shape index (κ3) is 2.03. The van der Waals surface area contributed by atoms with E-state index in [9.17, 15) is 0 Å². The summed E-state index contributed by atoms with van der Waals surface area (Å²) in [7, 11) is 0. The van der Waals surface area contributed by atoms with E-state index in [4.69, 9.17) is 5.11 Å². The van der Waals surface area contributed by atoms with Crippen molar-refractivity contribution < 1.29 is 5.11 Å². The molecule has 0 radical (unpaired) electrons. The molecule has 1 rings (SSSR count). The van der Waals surface area contributed by atoms with Crippen LogP contribution in [0.3, 0.4) is 0 Å². The lowest BCUT2D eigenvalue weighted by molar-refractivity contribution is 0.335. The van der Waals surface area contributed by atoms with Crippen LogP contribution in [0, 0.1) is 0 Å². The maximum atomic E-state index is 8.73. The lowest BCUT2D eigenvalue weighted by Crippen LogP contribution is -1.84. The van der Waals surface area contributed by atoms with Gasteiger partial charge in [0.05, 0.1) is 6.61 Å². The van der Waals surface area contributed by atoms with Gasteiger partial charge in [-0.2, -0.15) is 0 Å². The molecule has 0 unspecified atom stereocenters. The van der Waals surface area contributed by atoms with Crippen LogP contribution in [0.15, 0.2) is 48.1 Å². The number of hydrogen-bond acceptors (Lipinski definition) is 1. The van der Waals surface area contributed by atoms with E-state index in [1.807, 2.05) is 42.5 Å². The Labute approximate surface area is 60.7 Å². The SMILES string of the molecule is OCC1=C/C=C\C=C/C=C1. The van der Waals surface area contributed by atoms with Crippen LogP contribution in [-0.4, -0.2) is 11.7 Å². The summed E-state index contributed by atoms with van der Waals surface area (Å²) < 4.78 is 0. The van der Waals surface area contributed by atoms with Gasteiger partial charge < -0.3 is 5.11 Å². The van der Waals surface area contributed by atoms with Crippen molar-refractivity contribution in [2.24, 2.45) is 0 Å². The van der Waals surface area contributed by atoms with Gasteiger partial charge in [-0.05, 0) is 5.57 Å². The minimum atomic E-state index is 0.106. The lowest BCUT2D eigenvalue weighted by Gasteiger charge is -1.93. The molecule has 0 aromatic carbocycles. The van der Waals surface area contributed by atoms with Crippen LogP contribution in [0.4, 0.5) is 0 Å². The summed E-state index contributed by atoms with van der Waals surface area (Å²) in [5.74, 6) is 0. The van der Waals surface area contributed by atoms with Crippen LogP contribution >= 0.6 is 0 Å². The highest BCUT2D eigenvalue weighted by atomic mass is 16.3. The fraction of sp³-hybridized carbons (Fsp3) is 0.111. The van der Waals surface area contributed by atoms with Crippen LogP contribution in [0.1, 0.15) is 0 Å². The van der Waals surface area contributed by atoms with E-state index in [0.29, 0.717) is 0 Å². The minimum absolute atomic E-state index is 0.106. The molecule has 0 saturated carbocycles. The van der Waals surface area contributed by atoms with Gasteiger partial charge in [-0.3, -0.25) is 0 Å². The van der Waals surface area contributed by atoms with Crippen molar-refractivity contribution in [1.29, 1.82) is 0 Å². The first-order valence-corrected chi connectivity index (χ1v) is 3.25. The molecule has 0 aliphatic heterocycles. The van der Waals surface area contributed by atoms with Gasteiger partial charge in [-0.15, -0.1) is 0 Å². The van der Waals surface area contributed by atoms with Crippen molar-refractivity contribution in [3.63, 3.8) is 0 Å². The zero-order chi connectivity index (χ0) is 7.23. The summed E-state index contributed by atoms with van der Waals surface area (Å²) >= 11 is 0. The van der Waals surface area contributed by atoms with E-state index >= 15 is 0 Å². The number of aliphatic hydroxyl groups excluding tert-OH is 1. The topological polar surface area (TPSA) is 20.2 Å². The van der Waals surface area contributed by atoms with Crippen molar-refractivity contribution in [3.8, 4) is 0 Å². The fourth-order valence-corrected chi connectivity index (χ4v) is 0.712. The molecule has 0 spiro atoms. The van der Waals surface area contributed by atoms with Gasteiger partial charge in [0.25, 0.3) is 0 Å². The zero-order valence-electron chi connectivity index (χ0n) is 5.70. The third-order valence-corrected chi connectivity index (χ3v) is 1.25. The normalized spacial score (nSPS) is 22.7. The van der Waals surface area contributed by atoms with E-state index in [1.54, 1.807) is 0 Å². The third-order valence-electron chi connectivity index (χ3n) is 1.25. The molecule has 0 bridgehead atoms. The van der Waals surface area contributed by atoms with Crippen molar-refractivity contribution in [2.75, 3.05) is 6.61 Å². The van der Waals surface area contributed by atoms with Crippen LogP contribution in [0.25, 0.3) is 0 Å². The monoisotopic (exact) mass is 134 g/mol. The van der Waals surface area contributed by atoms with Crippen LogP contribution in [0.5, 0.6) is 0 Å². The maximum absolute atomic E-state index is 8.73. The van der Waals surface area contributed by atoms with Gasteiger partial charge in [0, 0.05) is 0 Å². The molecule has 0 amide bonds. The average Bonchev–Trinajstić information content (AvgIpc) is 1.87. The summed E-state index contributed by atoms with van der Waals surface area (Å²) in [6, 6.07) is 0. The summed E-state index contributed by atoms with van der Waals surface area (Å²) in [5, 5.41) is 8.73. The molecular weight excluding hydrogens is 124 g/mol. The highest BCUT2D eigenvalue weighted by Gasteiger charge is 1.85. The Morgan fingerprint density at radius 1 is 1.00 bits per heavy atom. The van der Waals surface area contributed by atoms with Gasteiger partial charge in [-0.25, -0.2) is 0 Å². The Morgan fingerprint density at radius 2 is 1.70 bits per heavy atom. The number of allylic oxidation sites excluding steroid dienone is 6. The van der Waals surface area contributed by atoms with E-state index in [1.165, 1.54) is 0 Å². The first kappa shape index (κ1) is 7.03. The quantitative estimate of drug-likeness (QED) is 0.577. The van der Waals surface area contributed by atoms with Crippen LogP contribution in [-0.2, 0) is 0 Å². The summed E-state index contributed by atoms with van der Waals surface area (Å²) in [4.78, 5) is 0. The average molecular weight is 134 g/mol. The molecular formula is C9H10O. The van der Waals surface area contributed by atoms with Crippen LogP contribution < -0.4 is 0 Å². The molecule has 1 N–H and O–H groups in total. The molecule has 0 saturated heterocycles. The largest absolute Gasteiger partial charge is 0.392 e. The molecule has 1 nitrogen and oxygen atoms in total. The Morgan fingerprint density at radius 3 is 2.50 bits per heavy atom. The Bertz CT molecular complexity index is 207. The van der Waals surface area contributed by atoms with E-state index in [-0.39, 0.29) is 6.61 Å². The smallest absolute Gasteiger partial charge is 0.0681 e. The molecule has 10 heavy (non-hydrogen) atoms. The van der Waals surface area contributed by atoms with Crippen molar-refractivity contribution in [3.05, 3.63) is 48.1 Å². The zero-order valence-corrected chi connectivity index (χ0v) is 5.70. The predicted molar refractivity (Wildman–Crippen MR) is 42.6 cm³/mol. The van der Waals surface area contributed by atoms with E-state index in [0.717, 1.165) is 5.57 Å². The van der Waals surface area contributed by atoms with E-state index in [2.05, 4.69) is 0 Å². The maximum Gasteiger partial charge on any atom is 0.0681 e. The summed E-state index contributed by atoms with van der Waals surface area (Å²) in [5.41, 5.74) is 0.931. The first-order valence-electron chi connectivity index (χ1n) is 3.25. The summed E-state index contributed by atoms with van der Waals surface area (Å²) in [6.07, 6.45) is 13.4. The minimum Gasteiger partial charge on any atom is -0.392 e. The van der Waals surface area contributed by atoms with Crippen molar-refractivity contribution >= 4 is 0 Å². The molecule has 1 aliphatic rings. The molecule has 0 aromatic rings. The Kier molecular flexibility index (Phi) is 2.71. The fourth-order valence-electron chi connectivity index (χ4n) is 0.712. The van der Waals surface area contributed by atoms with Crippen LogP contribution in [0.2, 0.25) is 0 Å². The second kappa shape index (κ2) is 3.85. The van der Waals surface area contributed by atoms with Gasteiger partial charge in [0.2, 0.25) is 0 Å². The molecule has 1 heteroatoms. The van der Waals surface area contributed by atoms with Gasteiger partial charge >= 0.3 is 0 Å². The highest BCUT2D eigenvalue weighted by Crippen LogP contribution is 1.99. The van der Waals surface area contributed by atoms with E-state index < -0.39 is 0 Å². The number of aliphatic hydroxyl groups is 1. The molecule has 0 aromatic heterocycles. The Hall–Kier alpha value is -1.08. The van der Waals surface area contributed by atoms with Gasteiger partial charge in [-0.1, -0.05) is 42.5 Å². The second-order valence-corrected chi connectivity index (χ2v) is 2.03. The first-order chi connectivity index (χ1) is 4.93. The predicted octanol–water partition coefficient (Wildman–Crippen LogP) is 1.59.